The van der Waals surface area contributed by atoms with Gasteiger partial charge in [-0.3, -0.25) is 0 Å². The highest BCUT2D eigenvalue weighted by Crippen LogP contribution is 2.51. The van der Waals surface area contributed by atoms with Crippen molar-refractivity contribution in [3.8, 4) is 0 Å². The van der Waals surface area contributed by atoms with E-state index in [1.165, 1.54) is 0 Å². The van der Waals surface area contributed by atoms with Crippen molar-refractivity contribution in [2.24, 2.45) is 0 Å². The van der Waals surface area contributed by atoms with Gasteiger partial charge in [-0.15, -0.1) is 0 Å². The summed E-state index contributed by atoms with van der Waals surface area (Å²) < 4.78 is 1.82. The van der Waals surface area contributed by atoms with Crippen molar-refractivity contribution in [1.82, 2.24) is 0 Å². The molecule has 0 aromatic heterocycles. The lowest BCUT2D eigenvalue weighted by molar-refractivity contribution is -0.0387. The molecule has 3 aromatic carbocycles. The third-order valence-corrected chi connectivity index (χ3v) is 6.89. The normalized spacial score (nSPS) is 21.0. The van der Waals surface area contributed by atoms with Gasteiger partial charge < -0.3 is 20.2 Å². The van der Waals surface area contributed by atoms with Crippen molar-refractivity contribution in [2.75, 3.05) is 18.1 Å². The molecular weight excluding hydrogens is 545 g/mol. The first-order chi connectivity index (χ1) is 14.0. The SMILES string of the molecule is OCCCCCN1c2cc(I)cc(Br)c2C(O)(c2ccc3ccccc3c2)C1O. The summed E-state index contributed by atoms with van der Waals surface area (Å²) in [6.07, 6.45) is 1.34. The molecule has 0 aliphatic carbocycles. The number of fused-ring (bicyclic) bond motifs is 2. The number of halogens is 2. The average Bonchev–Trinajstić information content (AvgIpc) is 2.93. The number of hydrogen-bond donors (Lipinski definition) is 3. The van der Waals surface area contributed by atoms with Crippen molar-refractivity contribution in [2.45, 2.75) is 31.1 Å². The number of anilines is 1. The highest BCUT2D eigenvalue weighted by Gasteiger charge is 2.51. The van der Waals surface area contributed by atoms with Crippen LogP contribution in [0.3, 0.4) is 0 Å². The summed E-state index contributed by atoms with van der Waals surface area (Å²) in [5.74, 6) is 0. The number of benzene rings is 3. The second kappa shape index (κ2) is 8.51. The quantitative estimate of drug-likeness (QED) is 0.297. The molecule has 0 spiro atoms. The fourth-order valence-electron chi connectivity index (χ4n) is 4.18. The summed E-state index contributed by atoms with van der Waals surface area (Å²) in [5, 5.41) is 34.4. The molecule has 3 aromatic rings. The molecule has 6 heteroatoms. The maximum Gasteiger partial charge on any atom is 0.164 e. The van der Waals surface area contributed by atoms with Gasteiger partial charge >= 0.3 is 0 Å². The van der Waals surface area contributed by atoms with Gasteiger partial charge in [0.1, 0.15) is 0 Å². The summed E-state index contributed by atoms with van der Waals surface area (Å²) in [5.41, 5.74) is 0.669. The van der Waals surface area contributed by atoms with Crippen LogP contribution >= 0.6 is 38.5 Å². The second-order valence-electron chi connectivity index (χ2n) is 7.46. The number of unbranched alkanes of at least 4 members (excludes halogenated alkanes) is 2. The van der Waals surface area contributed by atoms with E-state index in [1.54, 1.807) is 0 Å². The molecule has 0 saturated heterocycles. The second-order valence-corrected chi connectivity index (χ2v) is 9.56. The standard InChI is InChI=1S/C23H23BrINO3/c24-19-13-18(25)14-20-21(19)23(29,22(28)26(20)10-4-1-5-11-27)17-9-8-15-6-2-3-7-16(15)12-17/h2-3,6-9,12-14,22,27-29H,1,4-5,10-11H2. The molecule has 3 N–H and O–H groups in total. The van der Waals surface area contributed by atoms with Crippen LogP contribution in [0.2, 0.25) is 0 Å². The minimum atomic E-state index is -1.54. The van der Waals surface area contributed by atoms with Crippen molar-refractivity contribution < 1.29 is 15.3 Å². The van der Waals surface area contributed by atoms with Crippen LogP contribution in [0.15, 0.2) is 59.1 Å². The van der Waals surface area contributed by atoms with Crippen LogP contribution in [0.5, 0.6) is 0 Å². The molecule has 152 valence electrons. The third-order valence-electron chi connectivity index (χ3n) is 5.64. The van der Waals surface area contributed by atoms with Gasteiger partial charge in [0.05, 0.1) is 0 Å². The summed E-state index contributed by atoms with van der Waals surface area (Å²) in [6.45, 7) is 0.778. The first-order valence-electron chi connectivity index (χ1n) is 9.73. The lowest BCUT2D eigenvalue weighted by Crippen LogP contribution is -2.46. The van der Waals surface area contributed by atoms with Crippen LogP contribution in [0.4, 0.5) is 5.69 Å². The van der Waals surface area contributed by atoms with E-state index in [-0.39, 0.29) is 6.61 Å². The highest BCUT2D eigenvalue weighted by molar-refractivity contribution is 14.1. The lowest BCUT2D eigenvalue weighted by atomic mass is 9.85. The molecule has 1 aliphatic heterocycles. The number of rotatable bonds is 6. The molecule has 1 aliphatic rings. The van der Waals surface area contributed by atoms with Gasteiger partial charge in [0, 0.05) is 32.4 Å². The van der Waals surface area contributed by atoms with E-state index in [2.05, 4.69) is 38.5 Å². The van der Waals surface area contributed by atoms with Gasteiger partial charge in [0.2, 0.25) is 0 Å². The summed E-state index contributed by atoms with van der Waals surface area (Å²) in [4.78, 5) is 1.88. The van der Waals surface area contributed by atoms with E-state index in [0.717, 1.165) is 43.8 Å². The van der Waals surface area contributed by atoms with E-state index >= 15 is 0 Å². The number of aliphatic hydroxyl groups is 3. The number of hydrogen-bond acceptors (Lipinski definition) is 4. The molecule has 0 amide bonds. The smallest absolute Gasteiger partial charge is 0.164 e. The Kier molecular flexibility index (Phi) is 6.18. The highest BCUT2D eigenvalue weighted by atomic mass is 127. The van der Waals surface area contributed by atoms with Gasteiger partial charge in [0.15, 0.2) is 11.8 Å². The van der Waals surface area contributed by atoms with Gasteiger partial charge in [-0.1, -0.05) is 52.3 Å². The molecule has 2 atom stereocenters. The molecule has 4 rings (SSSR count). The molecule has 0 radical (unpaired) electrons. The molecule has 0 fully saturated rings. The first-order valence-corrected chi connectivity index (χ1v) is 11.6. The zero-order chi connectivity index (χ0) is 20.6. The zero-order valence-electron chi connectivity index (χ0n) is 15.9. The Labute approximate surface area is 192 Å². The minimum absolute atomic E-state index is 0.170. The number of nitrogens with zero attached hydrogens (tertiary/aromatic N) is 1. The Morgan fingerprint density at radius 2 is 1.76 bits per heavy atom. The van der Waals surface area contributed by atoms with E-state index < -0.39 is 11.8 Å². The summed E-state index contributed by atoms with van der Waals surface area (Å²) in [6, 6.07) is 17.8. The average molecular weight is 568 g/mol. The largest absolute Gasteiger partial charge is 0.396 e. The Hall–Kier alpha value is -1.19. The van der Waals surface area contributed by atoms with Crippen LogP contribution in [0.1, 0.15) is 30.4 Å². The molecule has 4 nitrogen and oxygen atoms in total. The third kappa shape index (κ3) is 3.70. The minimum Gasteiger partial charge on any atom is -0.396 e. The van der Waals surface area contributed by atoms with Crippen molar-refractivity contribution in [3.05, 3.63) is 73.8 Å². The Morgan fingerprint density at radius 1 is 1.00 bits per heavy atom. The summed E-state index contributed by atoms with van der Waals surface area (Å²) >= 11 is 5.89. The van der Waals surface area contributed by atoms with Crippen molar-refractivity contribution >= 4 is 55.0 Å². The van der Waals surface area contributed by atoms with Crippen molar-refractivity contribution in [3.63, 3.8) is 0 Å². The predicted octanol–water partition coefficient (Wildman–Crippen LogP) is 4.74. The fourth-order valence-corrected chi connectivity index (χ4v) is 5.97. The lowest BCUT2D eigenvalue weighted by Gasteiger charge is -2.32. The van der Waals surface area contributed by atoms with Gasteiger partial charge in [0.25, 0.3) is 0 Å². The van der Waals surface area contributed by atoms with Gasteiger partial charge in [-0.05, 0) is 76.4 Å². The maximum atomic E-state index is 11.9. The maximum absolute atomic E-state index is 11.9. The van der Waals surface area contributed by atoms with Crippen LogP contribution in [-0.4, -0.2) is 34.7 Å². The monoisotopic (exact) mass is 567 g/mol. The molecule has 0 bridgehead atoms. The van der Waals surface area contributed by atoms with Crippen LogP contribution in [0, 0.1) is 3.57 Å². The van der Waals surface area contributed by atoms with Crippen molar-refractivity contribution in [1.29, 1.82) is 0 Å². The Bertz CT molecular complexity index is 1040. The van der Waals surface area contributed by atoms with Gasteiger partial charge in [-0.25, -0.2) is 0 Å². The molecule has 29 heavy (non-hydrogen) atoms. The number of aliphatic hydroxyl groups excluding tert-OH is 2. The van der Waals surface area contributed by atoms with E-state index in [9.17, 15) is 10.2 Å². The Balaban J connectivity index is 1.82. The van der Waals surface area contributed by atoms with Crippen LogP contribution in [-0.2, 0) is 5.60 Å². The summed E-state index contributed by atoms with van der Waals surface area (Å²) in [7, 11) is 0. The van der Waals surface area contributed by atoms with E-state index in [0.29, 0.717) is 17.7 Å². The topological polar surface area (TPSA) is 63.9 Å². The zero-order valence-corrected chi connectivity index (χ0v) is 19.6. The van der Waals surface area contributed by atoms with E-state index in [1.807, 2.05) is 59.5 Å². The van der Waals surface area contributed by atoms with Gasteiger partial charge in [-0.2, -0.15) is 0 Å². The van der Waals surface area contributed by atoms with E-state index in [4.69, 9.17) is 5.11 Å². The molecule has 2 unspecified atom stereocenters. The molecule has 1 heterocycles. The predicted molar refractivity (Wildman–Crippen MR) is 128 cm³/mol. The van der Waals surface area contributed by atoms with Crippen LogP contribution < -0.4 is 4.90 Å². The molecular formula is C23H23BrINO3. The molecule has 0 saturated carbocycles. The fraction of sp³-hybridized carbons (Fsp3) is 0.304. The Morgan fingerprint density at radius 3 is 2.52 bits per heavy atom. The van der Waals surface area contributed by atoms with Crippen LogP contribution in [0.25, 0.3) is 10.8 Å². The first kappa shape index (κ1) is 21.1.